The summed E-state index contributed by atoms with van der Waals surface area (Å²) in [7, 11) is 0. The van der Waals surface area contributed by atoms with Gasteiger partial charge in [0.25, 0.3) is 5.76 Å². The highest BCUT2D eigenvalue weighted by atomic mass is 32.2. The zero-order valence-electron chi connectivity index (χ0n) is 9.98. The number of benzene rings is 1. The molecule has 3 N–H and O–H groups in total. The van der Waals surface area contributed by atoms with E-state index in [9.17, 15) is 13.9 Å². The second-order valence-corrected chi connectivity index (χ2v) is 5.86. The number of aliphatic hydroxyl groups is 1. The molecule has 2 rings (SSSR count). The molecule has 1 fully saturated rings. The Bertz CT molecular complexity index is 406. The van der Waals surface area contributed by atoms with Crippen molar-refractivity contribution < 1.29 is 13.9 Å². The van der Waals surface area contributed by atoms with Gasteiger partial charge in [-0.05, 0) is 43.4 Å². The molecule has 0 aromatic heterocycles. The molecule has 1 aliphatic carbocycles. The number of halogens is 2. The molecule has 2 nitrogen and oxygen atoms in total. The number of alkyl halides is 2. The third-order valence-corrected chi connectivity index (χ3v) is 4.19. The van der Waals surface area contributed by atoms with E-state index in [4.69, 9.17) is 5.73 Å². The van der Waals surface area contributed by atoms with E-state index in [0.29, 0.717) is 42.3 Å². The normalized spacial score (nSPS) is 28.6. The van der Waals surface area contributed by atoms with Gasteiger partial charge in [-0.1, -0.05) is 23.9 Å². The maximum Gasteiger partial charge on any atom is 0.288 e. The molecule has 5 heteroatoms. The molecule has 0 aliphatic heterocycles. The lowest BCUT2D eigenvalue weighted by Gasteiger charge is -2.36. The minimum Gasteiger partial charge on any atom is -0.393 e. The Morgan fingerprint density at radius 3 is 2.61 bits per heavy atom. The number of nitrogens with two attached hydrogens (primary N) is 1. The summed E-state index contributed by atoms with van der Waals surface area (Å²) in [5.74, 6) is -2.41. The second kappa shape index (κ2) is 5.55. The highest BCUT2D eigenvalue weighted by Gasteiger charge is 2.32. The van der Waals surface area contributed by atoms with E-state index in [1.54, 1.807) is 18.2 Å². The fraction of sp³-hybridized carbons (Fsp3) is 0.538. The van der Waals surface area contributed by atoms with Crippen LogP contribution in [0.15, 0.2) is 29.2 Å². The topological polar surface area (TPSA) is 46.2 Å². The van der Waals surface area contributed by atoms with Crippen LogP contribution in [0.25, 0.3) is 0 Å². The van der Waals surface area contributed by atoms with E-state index in [0.717, 1.165) is 5.56 Å². The van der Waals surface area contributed by atoms with Crippen molar-refractivity contribution in [3.63, 3.8) is 0 Å². The van der Waals surface area contributed by atoms with Crippen LogP contribution >= 0.6 is 11.8 Å². The number of aliphatic hydroxyl groups excluding tert-OH is 1. The Balaban J connectivity index is 2.17. The third-order valence-electron chi connectivity index (χ3n) is 3.48. The van der Waals surface area contributed by atoms with Gasteiger partial charge in [0, 0.05) is 10.4 Å². The Kier molecular flexibility index (Phi) is 4.25. The monoisotopic (exact) mass is 273 g/mol. The maximum absolute atomic E-state index is 12.3. The smallest absolute Gasteiger partial charge is 0.288 e. The predicted molar refractivity (Wildman–Crippen MR) is 68.6 cm³/mol. The van der Waals surface area contributed by atoms with Gasteiger partial charge in [0.05, 0.1) is 6.10 Å². The van der Waals surface area contributed by atoms with E-state index in [2.05, 4.69) is 0 Å². The lowest BCUT2D eigenvalue weighted by Crippen LogP contribution is -2.41. The minimum absolute atomic E-state index is 0.278. The van der Waals surface area contributed by atoms with Crippen molar-refractivity contribution in [2.75, 3.05) is 0 Å². The van der Waals surface area contributed by atoms with Crippen molar-refractivity contribution in [3.8, 4) is 0 Å². The number of rotatable bonds is 3. The number of thioether (sulfide) groups is 1. The zero-order chi connectivity index (χ0) is 13.2. The molecule has 1 aliphatic rings. The molecular weight excluding hydrogens is 256 g/mol. The molecule has 0 saturated heterocycles. The largest absolute Gasteiger partial charge is 0.393 e. The van der Waals surface area contributed by atoms with Crippen LogP contribution in [0.1, 0.15) is 31.2 Å². The van der Waals surface area contributed by atoms with Crippen molar-refractivity contribution in [2.45, 2.75) is 48.0 Å². The average molecular weight is 273 g/mol. The van der Waals surface area contributed by atoms with Gasteiger partial charge >= 0.3 is 0 Å². The first-order chi connectivity index (χ1) is 8.49. The summed E-state index contributed by atoms with van der Waals surface area (Å²) in [5, 5.41) is 9.50. The lowest BCUT2D eigenvalue weighted by molar-refractivity contribution is 0.0968. The van der Waals surface area contributed by atoms with Gasteiger partial charge in [-0.15, -0.1) is 0 Å². The van der Waals surface area contributed by atoms with E-state index in [-0.39, 0.29) is 6.10 Å². The Morgan fingerprint density at radius 1 is 1.33 bits per heavy atom. The molecule has 0 unspecified atom stereocenters. The predicted octanol–water partition coefficient (Wildman–Crippen LogP) is 3.09. The fourth-order valence-corrected chi connectivity index (χ4v) is 2.95. The summed E-state index contributed by atoms with van der Waals surface area (Å²) in [6.45, 7) is 0. The van der Waals surface area contributed by atoms with E-state index in [1.165, 1.54) is 0 Å². The molecule has 0 spiro atoms. The second-order valence-electron chi connectivity index (χ2n) is 4.79. The molecule has 0 amide bonds. The molecule has 0 bridgehead atoms. The first-order valence-electron chi connectivity index (χ1n) is 6.02. The van der Waals surface area contributed by atoms with Gasteiger partial charge in [0.15, 0.2) is 0 Å². The summed E-state index contributed by atoms with van der Waals surface area (Å²) in [6.07, 6.45) is 2.44. The van der Waals surface area contributed by atoms with E-state index < -0.39 is 11.3 Å². The summed E-state index contributed by atoms with van der Waals surface area (Å²) in [5.41, 5.74) is 6.74. The molecular formula is C13H17F2NOS. The molecule has 0 atom stereocenters. The summed E-state index contributed by atoms with van der Waals surface area (Å²) < 4.78 is 24.7. The van der Waals surface area contributed by atoms with E-state index in [1.807, 2.05) is 6.07 Å². The van der Waals surface area contributed by atoms with Gasteiger partial charge in [-0.2, -0.15) is 8.78 Å². The molecule has 0 radical (unpaired) electrons. The van der Waals surface area contributed by atoms with Crippen LogP contribution in [0.3, 0.4) is 0 Å². The summed E-state index contributed by atoms with van der Waals surface area (Å²) >= 11 is 0.538. The first kappa shape index (κ1) is 13.8. The van der Waals surface area contributed by atoms with Crippen molar-refractivity contribution in [2.24, 2.45) is 5.73 Å². The molecule has 0 heterocycles. The van der Waals surface area contributed by atoms with Crippen LogP contribution in [0.4, 0.5) is 8.78 Å². The summed E-state index contributed by atoms with van der Waals surface area (Å²) in [4.78, 5) is 0.540. The van der Waals surface area contributed by atoms with Gasteiger partial charge in [0.2, 0.25) is 0 Å². The molecule has 1 saturated carbocycles. The third kappa shape index (κ3) is 3.22. The zero-order valence-corrected chi connectivity index (χ0v) is 10.8. The Hall–Kier alpha value is -0.650. The summed E-state index contributed by atoms with van der Waals surface area (Å²) in [6, 6.07) is 7.06. The van der Waals surface area contributed by atoms with Crippen molar-refractivity contribution in [1.82, 2.24) is 0 Å². The minimum atomic E-state index is -2.41. The number of hydrogen-bond acceptors (Lipinski definition) is 3. The van der Waals surface area contributed by atoms with Gasteiger partial charge in [-0.25, -0.2) is 0 Å². The fourth-order valence-electron chi connectivity index (χ4n) is 2.39. The van der Waals surface area contributed by atoms with Crippen LogP contribution in [0, 0.1) is 0 Å². The SMILES string of the molecule is NC1(c2cccc(SC(F)F)c2)CCC(O)CC1. The van der Waals surface area contributed by atoms with Crippen LogP contribution in [0.5, 0.6) is 0 Å². The molecule has 100 valence electrons. The van der Waals surface area contributed by atoms with Crippen LogP contribution in [0.2, 0.25) is 0 Å². The lowest BCUT2D eigenvalue weighted by atomic mass is 9.76. The Labute approximate surface area is 110 Å². The molecule has 18 heavy (non-hydrogen) atoms. The first-order valence-corrected chi connectivity index (χ1v) is 6.90. The highest BCUT2D eigenvalue weighted by Crippen LogP contribution is 2.37. The molecule has 1 aromatic rings. The van der Waals surface area contributed by atoms with Gasteiger partial charge < -0.3 is 10.8 Å². The quantitative estimate of drug-likeness (QED) is 0.832. The van der Waals surface area contributed by atoms with Crippen molar-refractivity contribution in [3.05, 3.63) is 29.8 Å². The van der Waals surface area contributed by atoms with Gasteiger partial charge in [-0.3, -0.25) is 0 Å². The highest BCUT2D eigenvalue weighted by molar-refractivity contribution is 7.99. The standard InChI is InChI=1S/C13H17F2NOS/c14-12(15)18-11-3-1-2-9(8-11)13(16)6-4-10(17)5-7-13/h1-3,8,10,12,17H,4-7,16H2. The van der Waals surface area contributed by atoms with Gasteiger partial charge in [0.1, 0.15) is 0 Å². The van der Waals surface area contributed by atoms with Crippen LogP contribution in [-0.2, 0) is 5.54 Å². The van der Waals surface area contributed by atoms with E-state index >= 15 is 0 Å². The maximum atomic E-state index is 12.3. The molecule has 1 aromatic carbocycles. The van der Waals surface area contributed by atoms with Crippen molar-refractivity contribution >= 4 is 11.8 Å². The number of hydrogen-bond donors (Lipinski definition) is 2. The average Bonchev–Trinajstić information content (AvgIpc) is 2.33. The van der Waals surface area contributed by atoms with Crippen LogP contribution < -0.4 is 5.73 Å². The van der Waals surface area contributed by atoms with Crippen molar-refractivity contribution in [1.29, 1.82) is 0 Å². The van der Waals surface area contributed by atoms with Crippen LogP contribution in [-0.4, -0.2) is 17.0 Å². The Morgan fingerprint density at radius 2 is 2.00 bits per heavy atom.